The fourth-order valence-corrected chi connectivity index (χ4v) is 1.87. The molecule has 0 aliphatic heterocycles. The second-order valence-electron chi connectivity index (χ2n) is 3.93. The van der Waals surface area contributed by atoms with Crippen LogP contribution in [0.25, 0.3) is 0 Å². The molecule has 20 heavy (non-hydrogen) atoms. The first kappa shape index (κ1) is 14.4. The largest absolute Gasteiger partial charge is 0.496 e. The molecule has 0 heterocycles. The summed E-state index contributed by atoms with van der Waals surface area (Å²) in [5.41, 5.74) is -0.299. The van der Waals surface area contributed by atoms with Crippen molar-refractivity contribution >= 4 is 17.4 Å². The molecule has 0 aliphatic rings. The van der Waals surface area contributed by atoms with Gasteiger partial charge in [-0.25, -0.2) is 13.2 Å². The molecule has 104 valence electrons. The van der Waals surface area contributed by atoms with Gasteiger partial charge in [0.2, 0.25) is 0 Å². The second-order valence-corrected chi connectivity index (χ2v) is 4.36. The zero-order chi connectivity index (χ0) is 14.9. The van der Waals surface area contributed by atoms with Crippen LogP contribution < -0.4 is 4.74 Å². The highest BCUT2D eigenvalue weighted by Crippen LogP contribution is 2.26. The molecular weight excluding hydrogens is 293 g/mol. The molecule has 0 aliphatic carbocycles. The molecule has 2 aromatic carbocycles. The summed E-state index contributed by atoms with van der Waals surface area (Å²) in [6.45, 7) is 0. The molecule has 2 rings (SSSR count). The zero-order valence-corrected chi connectivity index (χ0v) is 11.0. The van der Waals surface area contributed by atoms with Crippen molar-refractivity contribution in [1.29, 1.82) is 0 Å². The van der Waals surface area contributed by atoms with E-state index in [2.05, 4.69) is 0 Å². The number of carbonyl (C=O) groups is 1. The molecule has 0 bridgehead atoms. The first-order chi connectivity index (χ1) is 9.43. The van der Waals surface area contributed by atoms with E-state index >= 15 is 0 Å². The van der Waals surface area contributed by atoms with Crippen molar-refractivity contribution in [2.45, 2.75) is 0 Å². The van der Waals surface area contributed by atoms with Crippen LogP contribution in [0, 0.1) is 17.5 Å². The van der Waals surface area contributed by atoms with Gasteiger partial charge in [-0.15, -0.1) is 0 Å². The molecule has 0 fully saturated rings. The maximum atomic E-state index is 13.2. The van der Waals surface area contributed by atoms with Crippen molar-refractivity contribution in [2.24, 2.45) is 0 Å². The number of ketones is 1. The molecule has 6 heteroatoms. The molecule has 0 spiro atoms. The van der Waals surface area contributed by atoms with Gasteiger partial charge < -0.3 is 4.74 Å². The summed E-state index contributed by atoms with van der Waals surface area (Å²) in [5, 5.41) is 0.261. The van der Waals surface area contributed by atoms with Gasteiger partial charge >= 0.3 is 0 Å². The average Bonchev–Trinajstić information content (AvgIpc) is 2.43. The Morgan fingerprint density at radius 3 is 2.25 bits per heavy atom. The van der Waals surface area contributed by atoms with E-state index in [4.69, 9.17) is 16.3 Å². The minimum Gasteiger partial charge on any atom is -0.496 e. The molecule has 0 saturated heterocycles. The summed E-state index contributed by atoms with van der Waals surface area (Å²) < 4.78 is 44.2. The van der Waals surface area contributed by atoms with Gasteiger partial charge in [0.05, 0.1) is 12.7 Å². The van der Waals surface area contributed by atoms with Gasteiger partial charge in [0.1, 0.15) is 5.75 Å². The third kappa shape index (κ3) is 2.63. The van der Waals surface area contributed by atoms with E-state index < -0.39 is 23.2 Å². The minimum atomic E-state index is -1.63. The first-order valence-corrected chi connectivity index (χ1v) is 5.84. The van der Waals surface area contributed by atoms with Crippen LogP contribution in [-0.2, 0) is 0 Å². The van der Waals surface area contributed by atoms with Crippen LogP contribution >= 0.6 is 11.6 Å². The van der Waals surface area contributed by atoms with Gasteiger partial charge in [-0.3, -0.25) is 4.79 Å². The minimum absolute atomic E-state index is 0.0328. The standard InChI is InChI=1S/C14H8ClF3O2/c1-20-12-3-2-8(15)6-9(12)14(19)7-4-10(16)13(18)11(17)5-7/h2-6H,1H3. The molecule has 0 atom stereocenters. The number of halogens is 4. The van der Waals surface area contributed by atoms with Gasteiger partial charge in [0, 0.05) is 10.6 Å². The highest BCUT2D eigenvalue weighted by molar-refractivity contribution is 6.31. The molecule has 2 nitrogen and oxygen atoms in total. The molecular formula is C14H8ClF3O2. The van der Waals surface area contributed by atoms with Crippen LogP contribution in [0.4, 0.5) is 13.2 Å². The topological polar surface area (TPSA) is 26.3 Å². The van der Waals surface area contributed by atoms with Crippen molar-refractivity contribution in [3.05, 3.63) is 63.9 Å². The fourth-order valence-electron chi connectivity index (χ4n) is 1.70. The number of carbonyl (C=O) groups excluding carboxylic acids is 1. The lowest BCUT2D eigenvalue weighted by molar-refractivity contribution is 0.103. The Bertz CT molecular complexity index is 663. The molecule has 2 aromatic rings. The van der Waals surface area contributed by atoms with Crippen LogP contribution in [-0.4, -0.2) is 12.9 Å². The predicted molar refractivity (Wildman–Crippen MR) is 67.8 cm³/mol. The maximum Gasteiger partial charge on any atom is 0.197 e. The van der Waals surface area contributed by atoms with Crippen LogP contribution in [0.15, 0.2) is 30.3 Å². The summed E-state index contributed by atoms with van der Waals surface area (Å²) in [6, 6.07) is 5.51. The van der Waals surface area contributed by atoms with Gasteiger partial charge in [-0.05, 0) is 30.3 Å². The van der Waals surface area contributed by atoms with Crippen molar-refractivity contribution in [3.8, 4) is 5.75 Å². The highest BCUT2D eigenvalue weighted by atomic mass is 35.5. The molecule has 0 radical (unpaired) electrons. The SMILES string of the molecule is COc1ccc(Cl)cc1C(=O)c1cc(F)c(F)c(F)c1. The van der Waals surface area contributed by atoms with E-state index in [0.717, 1.165) is 0 Å². The summed E-state index contributed by atoms with van der Waals surface area (Å²) >= 11 is 5.78. The van der Waals surface area contributed by atoms with Crippen LogP contribution in [0.3, 0.4) is 0 Å². The van der Waals surface area contributed by atoms with Crippen LogP contribution in [0.1, 0.15) is 15.9 Å². The van der Waals surface area contributed by atoms with Crippen molar-refractivity contribution in [1.82, 2.24) is 0 Å². The molecule has 0 unspecified atom stereocenters. The van der Waals surface area contributed by atoms with E-state index in [0.29, 0.717) is 12.1 Å². The lowest BCUT2D eigenvalue weighted by Gasteiger charge is -2.08. The number of benzene rings is 2. The Labute approximate surface area is 117 Å². The number of rotatable bonds is 3. The average molecular weight is 301 g/mol. The van der Waals surface area contributed by atoms with Gasteiger partial charge in [0.15, 0.2) is 23.2 Å². The number of hydrogen-bond acceptors (Lipinski definition) is 2. The Kier molecular flexibility index (Phi) is 3.99. The predicted octanol–water partition coefficient (Wildman–Crippen LogP) is 4.00. The van der Waals surface area contributed by atoms with E-state index in [1.54, 1.807) is 0 Å². The molecule has 0 saturated carbocycles. The second kappa shape index (κ2) is 5.54. The van der Waals surface area contributed by atoms with E-state index in [1.807, 2.05) is 0 Å². The third-order valence-electron chi connectivity index (χ3n) is 2.65. The lowest BCUT2D eigenvalue weighted by atomic mass is 10.0. The summed E-state index contributed by atoms with van der Waals surface area (Å²) in [7, 11) is 1.34. The smallest absolute Gasteiger partial charge is 0.197 e. The highest BCUT2D eigenvalue weighted by Gasteiger charge is 2.19. The summed E-state index contributed by atoms with van der Waals surface area (Å²) in [6.07, 6.45) is 0. The number of methoxy groups -OCH3 is 1. The van der Waals surface area contributed by atoms with E-state index in [1.165, 1.54) is 25.3 Å². The third-order valence-corrected chi connectivity index (χ3v) is 2.89. The Morgan fingerprint density at radius 1 is 1.10 bits per heavy atom. The summed E-state index contributed by atoms with van der Waals surface area (Å²) in [5.74, 6) is -5.02. The van der Waals surface area contributed by atoms with Gasteiger partial charge in [-0.2, -0.15) is 0 Å². The Morgan fingerprint density at radius 2 is 1.70 bits per heavy atom. The van der Waals surface area contributed by atoms with Crippen LogP contribution in [0.2, 0.25) is 5.02 Å². The molecule has 0 amide bonds. The monoisotopic (exact) mass is 300 g/mol. The molecule has 0 aromatic heterocycles. The zero-order valence-electron chi connectivity index (χ0n) is 10.2. The quantitative estimate of drug-likeness (QED) is 0.633. The van der Waals surface area contributed by atoms with Crippen molar-refractivity contribution in [2.75, 3.05) is 7.11 Å². The fraction of sp³-hybridized carbons (Fsp3) is 0.0714. The first-order valence-electron chi connectivity index (χ1n) is 5.47. The Hall–Kier alpha value is -2.01. The number of ether oxygens (including phenoxy) is 1. The van der Waals surface area contributed by atoms with E-state index in [-0.39, 0.29) is 21.9 Å². The van der Waals surface area contributed by atoms with Crippen molar-refractivity contribution < 1.29 is 22.7 Å². The molecule has 0 N–H and O–H groups in total. The van der Waals surface area contributed by atoms with Crippen LogP contribution in [0.5, 0.6) is 5.75 Å². The lowest BCUT2D eigenvalue weighted by Crippen LogP contribution is -2.06. The normalized spacial score (nSPS) is 10.4. The van der Waals surface area contributed by atoms with E-state index in [9.17, 15) is 18.0 Å². The summed E-state index contributed by atoms with van der Waals surface area (Å²) in [4.78, 5) is 12.2. The maximum absolute atomic E-state index is 13.2. The van der Waals surface area contributed by atoms with Gasteiger partial charge in [0.25, 0.3) is 0 Å². The Balaban J connectivity index is 2.54. The number of hydrogen-bond donors (Lipinski definition) is 0. The van der Waals surface area contributed by atoms with Gasteiger partial charge in [-0.1, -0.05) is 11.6 Å². The van der Waals surface area contributed by atoms with Crippen molar-refractivity contribution in [3.63, 3.8) is 0 Å².